The van der Waals surface area contributed by atoms with Crippen molar-refractivity contribution < 1.29 is 0 Å². The van der Waals surface area contributed by atoms with E-state index < -0.39 is 0 Å². The molecule has 0 spiro atoms. The molecule has 0 saturated heterocycles. The van der Waals surface area contributed by atoms with Crippen molar-refractivity contribution in [1.29, 1.82) is 0 Å². The third-order valence-corrected chi connectivity index (χ3v) is 4.56. The van der Waals surface area contributed by atoms with Gasteiger partial charge in [-0.2, -0.15) is 5.10 Å². The highest BCUT2D eigenvalue weighted by atomic mass is 79.9. The molecule has 1 aromatic rings. The van der Waals surface area contributed by atoms with Crippen LogP contribution in [0.25, 0.3) is 0 Å². The Morgan fingerprint density at radius 1 is 1.47 bits per heavy atom. The zero-order valence-electron chi connectivity index (χ0n) is 10.4. The molecule has 2 rings (SSSR count). The summed E-state index contributed by atoms with van der Waals surface area (Å²) in [5, 5.41) is 5.59. The van der Waals surface area contributed by atoms with Crippen LogP contribution in [0.2, 0.25) is 0 Å². The van der Waals surface area contributed by atoms with E-state index in [1.807, 2.05) is 11.7 Å². The molecular formula is C12H19Br2N3. The number of hydrogen-bond acceptors (Lipinski definition) is 2. The topological polar surface area (TPSA) is 21.1 Å². The van der Waals surface area contributed by atoms with Crippen molar-refractivity contribution in [2.24, 2.45) is 7.05 Å². The Hall–Kier alpha value is 0.130. The van der Waals surface area contributed by atoms with E-state index in [2.05, 4.69) is 48.8 Å². The van der Waals surface area contributed by atoms with Gasteiger partial charge < -0.3 is 0 Å². The van der Waals surface area contributed by atoms with E-state index in [0.717, 1.165) is 36.6 Å². The summed E-state index contributed by atoms with van der Waals surface area (Å²) in [7, 11) is 2.04. The Labute approximate surface area is 120 Å². The lowest BCUT2D eigenvalue weighted by atomic mass is 10.3. The maximum Gasteiger partial charge on any atom is 0.0767 e. The first-order chi connectivity index (χ1) is 8.17. The van der Waals surface area contributed by atoms with Gasteiger partial charge >= 0.3 is 0 Å². The fourth-order valence-corrected chi connectivity index (χ4v) is 3.32. The number of hydrogen-bond donors (Lipinski definition) is 0. The van der Waals surface area contributed by atoms with Crippen molar-refractivity contribution in [1.82, 2.24) is 14.7 Å². The van der Waals surface area contributed by atoms with Crippen molar-refractivity contribution in [2.75, 3.05) is 11.9 Å². The van der Waals surface area contributed by atoms with Gasteiger partial charge in [-0.3, -0.25) is 9.58 Å². The molecule has 0 unspecified atom stereocenters. The summed E-state index contributed by atoms with van der Waals surface area (Å²) in [5.41, 5.74) is 2.46. The molecule has 1 fully saturated rings. The minimum atomic E-state index is 0.791. The van der Waals surface area contributed by atoms with Crippen LogP contribution < -0.4 is 0 Å². The minimum Gasteiger partial charge on any atom is -0.294 e. The second-order valence-corrected chi connectivity index (χ2v) is 6.16. The van der Waals surface area contributed by atoms with Gasteiger partial charge in [-0.25, -0.2) is 0 Å². The molecule has 96 valence electrons. The zero-order chi connectivity index (χ0) is 12.4. The Balaban J connectivity index is 2.13. The van der Waals surface area contributed by atoms with Gasteiger partial charge in [-0.1, -0.05) is 22.9 Å². The van der Waals surface area contributed by atoms with Crippen molar-refractivity contribution >= 4 is 31.9 Å². The molecule has 1 aliphatic rings. The number of aryl methyl sites for hydroxylation is 2. The maximum absolute atomic E-state index is 4.55. The number of aromatic nitrogens is 2. The zero-order valence-corrected chi connectivity index (χ0v) is 13.6. The van der Waals surface area contributed by atoms with Crippen LogP contribution in [0.15, 0.2) is 4.47 Å². The van der Waals surface area contributed by atoms with Crippen LogP contribution in [0.5, 0.6) is 0 Å². The molecule has 3 nitrogen and oxygen atoms in total. The van der Waals surface area contributed by atoms with E-state index in [1.165, 1.54) is 23.0 Å². The van der Waals surface area contributed by atoms with Gasteiger partial charge in [0.2, 0.25) is 0 Å². The quantitative estimate of drug-likeness (QED) is 0.723. The SMILES string of the molecule is CCc1nn(C)c(CN(CCBr)C2CC2)c1Br. The van der Waals surface area contributed by atoms with Crippen molar-refractivity contribution in [3.8, 4) is 0 Å². The third kappa shape index (κ3) is 3.12. The average molecular weight is 365 g/mol. The van der Waals surface area contributed by atoms with Gasteiger partial charge in [-0.05, 0) is 35.2 Å². The number of halogens is 2. The first-order valence-electron chi connectivity index (χ1n) is 6.17. The standard InChI is InChI=1S/C12H19Br2N3/c1-3-10-12(14)11(16(2)15-10)8-17(7-6-13)9-4-5-9/h9H,3-8H2,1-2H3. The highest BCUT2D eigenvalue weighted by Crippen LogP contribution is 2.30. The number of nitrogens with zero attached hydrogens (tertiary/aromatic N) is 3. The fraction of sp³-hybridized carbons (Fsp3) is 0.750. The molecule has 1 heterocycles. The highest BCUT2D eigenvalue weighted by Gasteiger charge is 2.29. The smallest absolute Gasteiger partial charge is 0.0767 e. The Morgan fingerprint density at radius 3 is 2.65 bits per heavy atom. The Morgan fingerprint density at radius 2 is 2.18 bits per heavy atom. The minimum absolute atomic E-state index is 0.791. The molecule has 0 radical (unpaired) electrons. The van der Waals surface area contributed by atoms with Crippen LogP contribution in [-0.2, 0) is 20.0 Å². The lowest BCUT2D eigenvalue weighted by Crippen LogP contribution is -2.28. The van der Waals surface area contributed by atoms with Gasteiger partial charge in [0.25, 0.3) is 0 Å². The summed E-state index contributed by atoms with van der Waals surface area (Å²) in [5.74, 6) is 0. The van der Waals surface area contributed by atoms with E-state index in [1.54, 1.807) is 0 Å². The van der Waals surface area contributed by atoms with Crippen LogP contribution in [0.3, 0.4) is 0 Å². The Bertz CT molecular complexity index is 385. The molecule has 0 aromatic carbocycles. The molecule has 0 aliphatic heterocycles. The summed E-state index contributed by atoms with van der Waals surface area (Å²) in [6, 6.07) is 0.791. The maximum atomic E-state index is 4.55. The van der Waals surface area contributed by atoms with E-state index >= 15 is 0 Å². The second-order valence-electron chi connectivity index (χ2n) is 4.58. The third-order valence-electron chi connectivity index (χ3n) is 3.29. The van der Waals surface area contributed by atoms with Crippen LogP contribution in [-0.4, -0.2) is 32.6 Å². The predicted molar refractivity (Wildman–Crippen MR) is 77.5 cm³/mol. The molecule has 0 amide bonds. The summed E-state index contributed by atoms with van der Waals surface area (Å²) in [6.45, 7) is 4.26. The van der Waals surface area contributed by atoms with Gasteiger partial charge in [0.05, 0.1) is 15.9 Å². The Kier molecular flexibility index (Phi) is 4.66. The van der Waals surface area contributed by atoms with Crippen molar-refractivity contribution in [3.63, 3.8) is 0 Å². The normalized spacial score (nSPS) is 15.8. The van der Waals surface area contributed by atoms with E-state index in [-0.39, 0.29) is 0 Å². The molecule has 17 heavy (non-hydrogen) atoms. The molecule has 0 bridgehead atoms. The van der Waals surface area contributed by atoms with Gasteiger partial charge in [0.1, 0.15) is 0 Å². The van der Waals surface area contributed by atoms with Crippen LogP contribution in [0.4, 0.5) is 0 Å². The van der Waals surface area contributed by atoms with Gasteiger partial charge in [0, 0.05) is 31.5 Å². The average Bonchev–Trinajstić information content (AvgIpc) is 3.10. The summed E-state index contributed by atoms with van der Waals surface area (Å²) in [4.78, 5) is 2.55. The number of rotatable bonds is 6. The lowest BCUT2D eigenvalue weighted by Gasteiger charge is -2.21. The molecular weight excluding hydrogens is 346 g/mol. The van der Waals surface area contributed by atoms with E-state index in [4.69, 9.17) is 0 Å². The van der Waals surface area contributed by atoms with Gasteiger partial charge in [0.15, 0.2) is 0 Å². The largest absolute Gasteiger partial charge is 0.294 e. The summed E-state index contributed by atoms with van der Waals surface area (Å²) >= 11 is 7.23. The molecule has 5 heteroatoms. The van der Waals surface area contributed by atoms with Gasteiger partial charge in [-0.15, -0.1) is 0 Å². The van der Waals surface area contributed by atoms with Crippen LogP contribution >= 0.6 is 31.9 Å². The first kappa shape index (κ1) is 13.6. The second kappa shape index (κ2) is 5.85. The lowest BCUT2D eigenvalue weighted by molar-refractivity contribution is 0.264. The number of alkyl halides is 1. The summed E-state index contributed by atoms with van der Waals surface area (Å²) in [6.07, 6.45) is 3.68. The van der Waals surface area contributed by atoms with E-state index in [0.29, 0.717) is 0 Å². The van der Waals surface area contributed by atoms with E-state index in [9.17, 15) is 0 Å². The molecule has 1 aromatic heterocycles. The molecule has 0 atom stereocenters. The fourth-order valence-electron chi connectivity index (χ4n) is 2.12. The van der Waals surface area contributed by atoms with Crippen molar-refractivity contribution in [2.45, 2.75) is 38.8 Å². The molecule has 1 aliphatic carbocycles. The molecule has 1 saturated carbocycles. The summed E-state index contributed by atoms with van der Waals surface area (Å²) < 4.78 is 3.22. The first-order valence-corrected chi connectivity index (χ1v) is 8.09. The highest BCUT2D eigenvalue weighted by molar-refractivity contribution is 9.10. The van der Waals surface area contributed by atoms with Crippen LogP contribution in [0.1, 0.15) is 31.2 Å². The monoisotopic (exact) mass is 363 g/mol. The molecule has 0 N–H and O–H groups in total. The van der Waals surface area contributed by atoms with Crippen LogP contribution in [0, 0.1) is 0 Å². The predicted octanol–water partition coefficient (Wildman–Crippen LogP) is 3.10. The van der Waals surface area contributed by atoms with Crippen molar-refractivity contribution in [3.05, 3.63) is 15.9 Å².